The average Bonchev–Trinajstić information content (AvgIpc) is 3.20. The van der Waals surface area contributed by atoms with Crippen molar-refractivity contribution in [2.75, 3.05) is 25.5 Å². The van der Waals surface area contributed by atoms with Crippen LogP contribution in [0.25, 0.3) is 22.3 Å². The maximum Gasteiger partial charge on any atom is 0.224 e. The predicted molar refractivity (Wildman–Crippen MR) is 139 cm³/mol. The van der Waals surface area contributed by atoms with Crippen molar-refractivity contribution in [1.82, 2.24) is 19.9 Å². The molecule has 0 saturated carbocycles. The average molecular weight is 514 g/mol. The number of piperidine rings is 1. The smallest absolute Gasteiger partial charge is 0.224 e. The molecule has 1 atom stereocenters. The van der Waals surface area contributed by atoms with Crippen LogP contribution in [0.2, 0.25) is 10.0 Å². The molecule has 0 amide bonds. The normalized spacial score (nSPS) is 15.9. The summed E-state index contributed by atoms with van der Waals surface area (Å²) in [4.78, 5) is 9.32. The number of rotatable bonds is 7. The minimum Gasteiger partial charge on any atom is -0.494 e. The van der Waals surface area contributed by atoms with Crippen LogP contribution in [-0.2, 0) is 13.1 Å². The molecule has 0 aliphatic carbocycles. The predicted octanol–water partition coefficient (Wildman–Crippen LogP) is 6.16. The van der Waals surface area contributed by atoms with Crippen LogP contribution in [0.4, 0.5) is 10.3 Å². The van der Waals surface area contributed by atoms with Crippen LogP contribution in [0.3, 0.4) is 0 Å². The van der Waals surface area contributed by atoms with Crippen molar-refractivity contribution in [2.24, 2.45) is 5.92 Å². The zero-order valence-electron chi connectivity index (χ0n) is 19.3. The Morgan fingerprint density at radius 1 is 1.20 bits per heavy atom. The third-order valence-corrected chi connectivity index (χ3v) is 6.99. The number of hydrogen-bond donors (Lipinski definition) is 2. The van der Waals surface area contributed by atoms with E-state index in [1.165, 1.54) is 13.2 Å². The van der Waals surface area contributed by atoms with E-state index < -0.39 is 5.82 Å². The second kappa shape index (κ2) is 10.4. The molecule has 1 aliphatic rings. The second-order valence-corrected chi connectivity index (χ2v) is 9.56. The van der Waals surface area contributed by atoms with E-state index in [0.29, 0.717) is 28.5 Å². The number of ether oxygens (including phenoxy) is 1. The topological polar surface area (TPSA) is 64.0 Å². The molecule has 0 spiro atoms. The Morgan fingerprint density at radius 3 is 2.74 bits per heavy atom. The Hall–Kier alpha value is -2.87. The standard InChI is InChI=1S/C26H26Cl2FN5O/c1-35-23-8-7-16(10-21(23)29)13-31-26-32-14-18-11-22(24-19(27)5-2-6-20(24)28)34(25(18)33-26)15-17-4-3-9-30-12-17/h2,5-8,10-11,14,17,30H,3-4,9,12-13,15H2,1H3,(H,31,32,33)/t17-/m1/s1. The number of benzene rings is 2. The zero-order chi connectivity index (χ0) is 24.4. The highest BCUT2D eigenvalue weighted by Crippen LogP contribution is 2.38. The summed E-state index contributed by atoms with van der Waals surface area (Å²) in [5.74, 6) is 0.742. The lowest BCUT2D eigenvalue weighted by Crippen LogP contribution is -2.32. The maximum absolute atomic E-state index is 14.1. The third kappa shape index (κ3) is 5.08. The van der Waals surface area contributed by atoms with Crippen molar-refractivity contribution < 1.29 is 9.13 Å². The summed E-state index contributed by atoms with van der Waals surface area (Å²) >= 11 is 13.2. The Bertz CT molecular complexity index is 1330. The molecule has 0 unspecified atom stereocenters. The van der Waals surface area contributed by atoms with Gasteiger partial charge < -0.3 is 19.9 Å². The molecule has 2 N–H and O–H groups in total. The van der Waals surface area contributed by atoms with Crippen LogP contribution in [-0.4, -0.2) is 34.7 Å². The van der Waals surface area contributed by atoms with Gasteiger partial charge in [-0.3, -0.25) is 0 Å². The van der Waals surface area contributed by atoms with Crippen molar-refractivity contribution >= 4 is 40.2 Å². The summed E-state index contributed by atoms with van der Waals surface area (Å²) in [7, 11) is 1.45. The first kappa shape index (κ1) is 23.9. The monoisotopic (exact) mass is 513 g/mol. The fourth-order valence-electron chi connectivity index (χ4n) is 4.60. The van der Waals surface area contributed by atoms with Crippen molar-refractivity contribution in [3.8, 4) is 17.0 Å². The number of anilines is 1. The number of nitrogens with zero attached hydrogens (tertiary/aromatic N) is 3. The first-order chi connectivity index (χ1) is 17.0. The molecule has 3 heterocycles. The van der Waals surface area contributed by atoms with E-state index in [9.17, 15) is 4.39 Å². The zero-order valence-corrected chi connectivity index (χ0v) is 20.8. The van der Waals surface area contributed by atoms with E-state index in [2.05, 4.69) is 20.2 Å². The summed E-state index contributed by atoms with van der Waals surface area (Å²) < 4.78 is 21.3. The van der Waals surface area contributed by atoms with Crippen molar-refractivity contribution in [1.29, 1.82) is 0 Å². The minimum atomic E-state index is -0.403. The van der Waals surface area contributed by atoms with Crippen LogP contribution >= 0.6 is 23.2 Å². The van der Waals surface area contributed by atoms with Gasteiger partial charge in [-0.15, -0.1) is 0 Å². The molecule has 1 fully saturated rings. The van der Waals surface area contributed by atoms with E-state index in [4.69, 9.17) is 32.9 Å². The Labute approximate surface area is 213 Å². The first-order valence-electron chi connectivity index (χ1n) is 11.6. The molecular weight excluding hydrogens is 488 g/mol. The number of aromatic nitrogens is 3. The van der Waals surface area contributed by atoms with Crippen LogP contribution in [0.5, 0.6) is 5.75 Å². The lowest BCUT2D eigenvalue weighted by molar-refractivity contribution is 0.341. The summed E-state index contributed by atoms with van der Waals surface area (Å²) in [6, 6.07) is 12.4. The van der Waals surface area contributed by atoms with Crippen LogP contribution in [0, 0.1) is 11.7 Å². The van der Waals surface area contributed by atoms with E-state index in [1.807, 2.05) is 30.3 Å². The van der Waals surface area contributed by atoms with E-state index in [-0.39, 0.29) is 5.75 Å². The van der Waals surface area contributed by atoms with Gasteiger partial charge in [0.1, 0.15) is 5.65 Å². The van der Waals surface area contributed by atoms with Crippen LogP contribution in [0.15, 0.2) is 48.7 Å². The third-order valence-electron chi connectivity index (χ3n) is 6.36. The number of methoxy groups -OCH3 is 1. The maximum atomic E-state index is 14.1. The van der Waals surface area contributed by atoms with Crippen LogP contribution < -0.4 is 15.4 Å². The van der Waals surface area contributed by atoms with Crippen LogP contribution in [0.1, 0.15) is 18.4 Å². The number of hydrogen-bond acceptors (Lipinski definition) is 5. The van der Waals surface area contributed by atoms with Gasteiger partial charge in [0.25, 0.3) is 0 Å². The van der Waals surface area contributed by atoms with Gasteiger partial charge in [-0.05, 0) is 67.7 Å². The first-order valence-corrected chi connectivity index (χ1v) is 12.4. The summed E-state index contributed by atoms with van der Waals surface area (Å²) in [6.07, 6.45) is 4.08. The highest BCUT2D eigenvalue weighted by Gasteiger charge is 2.21. The second-order valence-electron chi connectivity index (χ2n) is 8.74. The molecule has 1 aliphatic heterocycles. The Morgan fingerprint density at radius 2 is 2.03 bits per heavy atom. The summed E-state index contributed by atoms with van der Waals surface area (Å²) in [5, 5.41) is 8.79. The molecule has 9 heteroatoms. The molecule has 182 valence electrons. The lowest BCUT2D eigenvalue weighted by Gasteiger charge is -2.24. The molecule has 5 rings (SSSR count). The number of fused-ring (bicyclic) bond motifs is 1. The van der Waals surface area contributed by atoms with Gasteiger partial charge in [-0.25, -0.2) is 9.37 Å². The molecule has 2 aromatic carbocycles. The summed E-state index contributed by atoms with van der Waals surface area (Å²) in [5.41, 5.74) is 3.28. The van der Waals surface area contributed by atoms with Gasteiger partial charge in [-0.1, -0.05) is 35.3 Å². The number of halogens is 3. The highest BCUT2D eigenvalue weighted by atomic mass is 35.5. The fraction of sp³-hybridized carbons (Fsp3) is 0.308. The molecule has 2 aromatic heterocycles. The summed E-state index contributed by atoms with van der Waals surface area (Å²) in [6.45, 7) is 3.17. The Kier molecular flexibility index (Phi) is 7.09. The van der Waals surface area contributed by atoms with Crippen molar-refractivity contribution in [2.45, 2.75) is 25.9 Å². The quantitative estimate of drug-likeness (QED) is 0.309. The molecule has 6 nitrogen and oxygen atoms in total. The van der Waals surface area contributed by atoms with E-state index >= 15 is 0 Å². The molecule has 0 radical (unpaired) electrons. The number of nitrogens with one attached hydrogen (secondary N) is 2. The molecule has 0 bridgehead atoms. The van der Waals surface area contributed by atoms with E-state index in [1.54, 1.807) is 12.3 Å². The lowest BCUT2D eigenvalue weighted by atomic mass is 9.99. The molecular formula is C26H26Cl2FN5O. The molecule has 1 saturated heterocycles. The molecule has 4 aromatic rings. The van der Waals surface area contributed by atoms with Gasteiger partial charge >= 0.3 is 0 Å². The van der Waals surface area contributed by atoms with Crippen molar-refractivity contribution in [3.05, 3.63) is 70.1 Å². The van der Waals surface area contributed by atoms with Gasteiger partial charge in [0.15, 0.2) is 11.6 Å². The van der Waals surface area contributed by atoms with Crippen molar-refractivity contribution in [3.63, 3.8) is 0 Å². The molecule has 35 heavy (non-hydrogen) atoms. The fourth-order valence-corrected chi connectivity index (χ4v) is 5.19. The largest absolute Gasteiger partial charge is 0.494 e. The van der Waals surface area contributed by atoms with Gasteiger partial charge in [0, 0.05) is 30.2 Å². The van der Waals surface area contributed by atoms with Gasteiger partial charge in [-0.2, -0.15) is 4.98 Å². The minimum absolute atomic E-state index is 0.215. The van der Waals surface area contributed by atoms with E-state index in [0.717, 1.165) is 60.3 Å². The van der Waals surface area contributed by atoms with Gasteiger partial charge in [0.2, 0.25) is 5.95 Å². The SMILES string of the molecule is COc1ccc(CNc2ncc3cc(-c4c(Cl)cccc4Cl)n(C[C@@H]4CCCNC4)c3n2)cc1F. The Balaban J connectivity index is 1.50. The highest BCUT2D eigenvalue weighted by molar-refractivity contribution is 6.39. The van der Waals surface area contributed by atoms with Gasteiger partial charge in [0.05, 0.1) is 22.8 Å².